The van der Waals surface area contributed by atoms with Gasteiger partial charge in [0, 0.05) is 11.4 Å². The molecule has 2 heterocycles. The number of rotatable bonds is 3. The number of nitrogens with zero attached hydrogens (tertiary/aromatic N) is 2. The Labute approximate surface area is 133 Å². The van der Waals surface area contributed by atoms with Crippen molar-refractivity contribution in [3.63, 3.8) is 0 Å². The number of imidazole rings is 1. The van der Waals surface area contributed by atoms with Crippen LogP contribution in [0.1, 0.15) is 10.4 Å². The van der Waals surface area contributed by atoms with E-state index in [1.165, 1.54) is 20.8 Å². The highest BCUT2D eigenvalue weighted by Gasteiger charge is 2.13. The van der Waals surface area contributed by atoms with Gasteiger partial charge in [0.2, 0.25) is 0 Å². The summed E-state index contributed by atoms with van der Waals surface area (Å²) in [6.45, 7) is 2.98. The van der Waals surface area contributed by atoms with Gasteiger partial charge in [-0.2, -0.15) is 0 Å². The molecule has 0 unspecified atom stereocenters. The summed E-state index contributed by atoms with van der Waals surface area (Å²) in [4.78, 5) is 7.41. The van der Waals surface area contributed by atoms with Crippen LogP contribution in [0.3, 0.4) is 0 Å². The monoisotopic (exact) mass is 304 g/mol. The van der Waals surface area contributed by atoms with Crippen LogP contribution in [-0.2, 0) is 6.54 Å². The van der Waals surface area contributed by atoms with Crippen molar-refractivity contribution in [3.8, 4) is 10.7 Å². The number of benzene rings is 2. The van der Waals surface area contributed by atoms with Crippen LogP contribution in [0, 0.1) is 6.92 Å². The Balaban J connectivity index is 1.90. The third kappa shape index (κ3) is 2.34. The van der Waals surface area contributed by atoms with Crippen molar-refractivity contribution >= 4 is 22.4 Å². The molecule has 22 heavy (non-hydrogen) atoms. The zero-order valence-electron chi connectivity index (χ0n) is 12.4. The van der Waals surface area contributed by atoms with Gasteiger partial charge >= 0.3 is 0 Å². The maximum atomic E-state index is 4.87. The van der Waals surface area contributed by atoms with E-state index in [0.29, 0.717) is 0 Å². The van der Waals surface area contributed by atoms with Crippen molar-refractivity contribution in [2.45, 2.75) is 13.5 Å². The second-order valence-electron chi connectivity index (χ2n) is 5.41. The Morgan fingerprint density at radius 3 is 2.45 bits per heavy atom. The lowest BCUT2D eigenvalue weighted by molar-refractivity contribution is 0.836. The average molecular weight is 304 g/mol. The van der Waals surface area contributed by atoms with Gasteiger partial charge in [-0.15, -0.1) is 11.3 Å². The molecule has 4 rings (SSSR count). The van der Waals surface area contributed by atoms with Gasteiger partial charge in [-0.1, -0.05) is 42.5 Å². The lowest BCUT2D eigenvalue weighted by Crippen LogP contribution is -2.01. The zero-order valence-corrected chi connectivity index (χ0v) is 13.2. The summed E-state index contributed by atoms with van der Waals surface area (Å²) in [7, 11) is 0. The van der Waals surface area contributed by atoms with Crippen LogP contribution in [-0.4, -0.2) is 9.55 Å². The molecule has 0 aliphatic carbocycles. The predicted molar refractivity (Wildman–Crippen MR) is 93.3 cm³/mol. The molecular formula is C19H16N2S. The first-order chi connectivity index (χ1) is 10.8. The average Bonchev–Trinajstić information content (AvgIpc) is 3.13. The number of hydrogen-bond donors (Lipinski definition) is 0. The standard InChI is InChI=1S/C19H16N2S/c1-14-11-12-18(22-14)19-20-16-9-5-6-10-17(16)21(19)13-15-7-3-2-4-8-15/h2-12H,13H2,1H3. The van der Waals surface area contributed by atoms with Crippen molar-refractivity contribution in [1.82, 2.24) is 9.55 Å². The quantitative estimate of drug-likeness (QED) is 0.513. The van der Waals surface area contributed by atoms with Gasteiger partial charge in [0.25, 0.3) is 0 Å². The number of hydrogen-bond acceptors (Lipinski definition) is 2. The minimum atomic E-state index is 0.841. The van der Waals surface area contributed by atoms with Crippen LogP contribution in [0.25, 0.3) is 21.7 Å². The molecule has 0 saturated carbocycles. The molecular weight excluding hydrogens is 288 g/mol. The van der Waals surface area contributed by atoms with Gasteiger partial charge in [-0.3, -0.25) is 0 Å². The summed E-state index contributed by atoms with van der Waals surface area (Å²) in [5.41, 5.74) is 3.53. The van der Waals surface area contributed by atoms with Crippen molar-refractivity contribution in [2.24, 2.45) is 0 Å². The van der Waals surface area contributed by atoms with Crippen LogP contribution in [0.15, 0.2) is 66.7 Å². The van der Waals surface area contributed by atoms with Crippen molar-refractivity contribution in [3.05, 3.63) is 77.2 Å². The molecule has 0 bridgehead atoms. The van der Waals surface area contributed by atoms with E-state index < -0.39 is 0 Å². The molecule has 0 N–H and O–H groups in total. The normalized spacial score (nSPS) is 11.1. The second kappa shape index (κ2) is 5.43. The van der Waals surface area contributed by atoms with Gasteiger partial charge in [-0.05, 0) is 36.8 Å². The molecule has 2 aromatic carbocycles. The summed E-state index contributed by atoms with van der Waals surface area (Å²) < 4.78 is 2.32. The fraction of sp³-hybridized carbons (Fsp3) is 0.105. The third-order valence-corrected chi connectivity index (χ3v) is 4.80. The predicted octanol–water partition coefficient (Wildman–Crippen LogP) is 5.12. The SMILES string of the molecule is Cc1ccc(-c2nc3ccccc3n2Cc2ccccc2)s1. The third-order valence-electron chi connectivity index (χ3n) is 3.80. The molecule has 0 spiro atoms. The van der Waals surface area contributed by atoms with E-state index in [-0.39, 0.29) is 0 Å². The number of thiophene rings is 1. The molecule has 2 aromatic heterocycles. The van der Waals surface area contributed by atoms with Crippen LogP contribution in [0.5, 0.6) is 0 Å². The highest BCUT2D eigenvalue weighted by Crippen LogP contribution is 2.30. The maximum absolute atomic E-state index is 4.87. The molecule has 0 saturated heterocycles. The zero-order chi connectivity index (χ0) is 14.9. The van der Waals surface area contributed by atoms with Crippen LogP contribution in [0.4, 0.5) is 0 Å². The van der Waals surface area contributed by atoms with E-state index in [9.17, 15) is 0 Å². The first-order valence-corrected chi connectivity index (χ1v) is 8.19. The lowest BCUT2D eigenvalue weighted by Gasteiger charge is -2.08. The van der Waals surface area contributed by atoms with Crippen molar-refractivity contribution < 1.29 is 0 Å². The number of para-hydroxylation sites is 2. The molecule has 0 atom stereocenters. The van der Waals surface area contributed by atoms with Gasteiger partial charge in [0.1, 0.15) is 0 Å². The summed E-state index contributed by atoms with van der Waals surface area (Å²) in [6.07, 6.45) is 0. The van der Waals surface area contributed by atoms with E-state index in [2.05, 4.69) is 72.2 Å². The van der Waals surface area contributed by atoms with Crippen LogP contribution >= 0.6 is 11.3 Å². The highest BCUT2D eigenvalue weighted by molar-refractivity contribution is 7.15. The fourth-order valence-corrected chi connectivity index (χ4v) is 3.61. The van der Waals surface area contributed by atoms with Crippen LogP contribution in [0.2, 0.25) is 0 Å². The molecule has 0 aliphatic heterocycles. The molecule has 0 fully saturated rings. The Kier molecular flexibility index (Phi) is 3.28. The summed E-state index contributed by atoms with van der Waals surface area (Å²) in [5, 5.41) is 0. The van der Waals surface area contributed by atoms with E-state index in [0.717, 1.165) is 17.9 Å². The van der Waals surface area contributed by atoms with Gasteiger partial charge in [-0.25, -0.2) is 4.98 Å². The molecule has 0 radical (unpaired) electrons. The minimum Gasteiger partial charge on any atom is -0.319 e. The van der Waals surface area contributed by atoms with Crippen LogP contribution < -0.4 is 0 Å². The minimum absolute atomic E-state index is 0.841. The highest BCUT2D eigenvalue weighted by atomic mass is 32.1. The summed E-state index contributed by atoms with van der Waals surface area (Å²) >= 11 is 1.80. The summed E-state index contributed by atoms with van der Waals surface area (Å²) in [6, 6.07) is 23.2. The number of aromatic nitrogens is 2. The Hall–Kier alpha value is -2.39. The number of aryl methyl sites for hydroxylation is 1. The van der Waals surface area contributed by atoms with Gasteiger partial charge in [0.15, 0.2) is 5.82 Å². The van der Waals surface area contributed by atoms with Gasteiger partial charge in [0.05, 0.1) is 15.9 Å². The van der Waals surface area contributed by atoms with E-state index in [1.807, 2.05) is 6.07 Å². The Bertz CT molecular complexity index is 919. The molecule has 3 heteroatoms. The van der Waals surface area contributed by atoms with E-state index in [4.69, 9.17) is 4.98 Å². The Morgan fingerprint density at radius 2 is 1.68 bits per heavy atom. The molecule has 4 aromatic rings. The molecule has 108 valence electrons. The maximum Gasteiger partial charge on any atom is 0.151 e. The topological polar surface area (TPSA) is 17.8 Å². The second-order valence-corrected chi connectivity index (χ2v) is 6.69. The molecule has 0 amide bonds. The van der Waals surface area contributed by atoms with E-state index >= 15 is 0 Å². The first-order valence-electron chi connectivity index (χ1n) is 7.37. The van der Waals surface area contributed by atoms with Crippen molar-refractivity contribution in [1.29, 1.82) is 0 Å². The molecule has 0 aliphatic rings. The molecule has 2 nitrogen and oxygen atoms in total. The van der Waals surface area contributed by atoms with Gasteiger partial charge < -0.3 is 4.57 Å². The summed E-state index contributed by atoms with van der Waals surface area (Å²) in [5.74, 6) is 1.06. The smallest absolute Gasteiger partial charge is 0.151 e. The Morgan fingerprint density at radius 1 is 0.909 bits per heavy atom. The van der Waals surface area contributed by atoms with Crippen molar-refractivity contribution in [2.75, 3.05) is 0 Å². The fourth-order valence-electron chi connectivity index (χ4n) is 2.74. The first kappa shape index (κ1) is 13.3. The largest absolute Gasteiger partial charge is 0.319 e. The lowest BCUT2D eigenvalue weighted by atomic mass is 10.2. The van der Waals surface area contributed by atoms with E-state index in [1.54, 1.807) is 11.3 Å². The number of fused-ring (bicyclic) bond motifs is 1.